The smallest absolute Gasteiger partial charge is 0.199 e. The van der Waals surface area contributed by atoms with Gasteiger partial charge in [-0.2, -0.15) is 0 Å². The van der Waals surface area contributed by atoms with Gasteiger partial charge < -0.3 is 4.90 Å². The van der Waals surface area contributed by atoms with E-state index >= 15 is 0 Å². The van der Waals surface area contributed by atoms with Gasteiger partial charge in [-0.3, -0.25) is 4.98 Å². The maximum absolute atomic E-state index is 4.82. The van der Waals surface area contributed by atoms with Crippen molar-refractivity contribution in [2.45, 2.75) is 32.6 Å². The SMILES string of the molecule is Cc1nc(-c2ncccn2)nc(N2CCCC(c3ccccn3)C2)c1C. The van der Waals surface area contributed by atoms with Gasteiger partial charge in [0.2, 0.25) is 0 Å². The van der Waals surface area contributed by atoms with Gasteiger partial charge in [-0.15, -0.1) is 0 Å². The quantitative estimate of drug-likeness (QED) is 0.725. The van der Waals surface area contributed by atoms with E-state index in [2.05, 4.69) is 43.9 Å². The van der Waals surface area contributed by atoms with Crippen molar-refractivity contribution in [1.82, 2.24) is 24.9 Å². The summed E-state index contributed by atoms with van der Waals surface area (Å²) in [5.41, 5.74) is 3.25. The second-order valence-electron chi connectivity index (χ2n) is 6.69. The highest BCUT2D eigenvalue weighted by Crippen LogP contribution is 2.31. The summed E-state index contributed by atoms with van der Waals surface area (Å²) in [5, 5.41) is 0. The molecule has 4 rings (SSSR count). The normalized spacial score (nSPS) is 17.3. The zero-order valence-corrected chi connectivity index (χ0v) is 15.1. The van der Waals surface area contributed by atoms with Crippen LogP contribution in [0.25, 0.3) is 11.6 Å². The van der Waals surface area contributed by atoms with Crippen LogP contribution in [0.1, 0.15) is 35.7 Å². The first-order chi connectivity index (χ1) is 12.7. The Hall–Kier alpha value is -2.89. The topological polar surface area (TPSA) is 67.7 Å². The number of rotatable bonds is 3. The van der Waals surface area contributed by atoms with Gasteiger partial charge in [0.25, 0.3) is 0 Å². The van der Waals surface area contributed by atoms with E-state index < -0.39 is 0 Å². The summed E-state index contributed by atoms with van der Waals surface area (Å²) in [5.74, 6) is 2.57. The van der Waals surface area contributed by atoms with Crippen molar-refractivity contribution in [3.63, 3.8) is 0 Å². The third-order valence-corrected chi connectivity index (χ3v) is 4.96. The minimum atomic E-state index is 0.427. The number of pyridine rings is 1. The standard InChI is InChI=1S/C20H22N6/c1-14-15(2)24-19(18-22-10-6-11-23-18)25-20(14)26-12-5-7-16(13-26)17-8-3-4-9-21-17/h3-4,6,8-11,16H,5,7,12-13H2,1-2H3. The molecule has 1 aliphatic rings. The first-order valence-electron chi connectivity index (χ1n) is 9.01. The third-order valence-electron chi connectivity index (χ3n) is 4.96. The van der Waals surface area contributed by atoms with Crippen LogP contribution in [0, 0.1) is 13.8 Å². The lowest BCUT2D eigenvalue weighted by Gasteiger charge is -2.34. The summed E-state index contributed by atoms with van der Waals surface area (Å²) >= 11 is 0. The molecule has 0 bridgehead atoms. The number of aromatic nitrogens is 5. The molecule has 1 atom stereocenters. The molecular formula is C20H22N6. The summed E-state index contributed by atoms with van der Waals surface area (Å²) in [4.78, 5) is 24.9. The summed E-state index contributed by atoms with van der Waals surface area (Å²) in [6.07, 6.45) is 7.60. The molecular weight excluding hydrogens is 324 g/mol. The average molecular weight is 346 g/mol. The summed E-state index contributed by atoms with van der Waals surface area (Å²) < 4.78 is 0. The van der Waals surface area contributed by atoms with Crippen LogP contribution in [0.5, 0.6) is 0 Å². The van der Waals surface area contributed by atoms with E-state index in [0.717, 1.165) is 48.7 Å². The fraction of sp³-hybridized carbons (Fsp3) is 0.350. The Morgan fingerprint density at radius 3 is 2.50 bits per heavy atom. The molecule has 0 saturated carbocycles. The minimum Gasteiger partial charge on any atom is -0.356 e. The molecule has 1 saturated heterocycles. The van der Waals surface area contributed by atoms with Crippen LogP contribution in [0.2, 0.25) is 0 Å². The second-order valence-corrected chi connectivity index (χ2v) is 6.69. The number of hydrogen-bond donors (Lipinski definition) is 0. The van der Waals surface area contributed by atoms with Gasteiger partial charge in [0, 0.05) is 54.5 Å². The Kier molecular flexibility index (Phi) is 4.56. The first kappa shape index (κ1) is 16.6. The van der Waals surface area contributed by atoms with Crippen LogP contribution in [0.3, 0.4) is 0 Å². The molecule has 0 amide bonds. The molecule has 0 spiro atoms. The number of anilines is 1. The van der Waals surface area contributed by atoms with Crippen LogP contribution in [-0.4, -0.2) is 38.0 Å². The number of hydrogen-bond acceptors (Lipinski definition) is 6. The van der Waals surface area contributed by atoms with E-state index in [1.54, 1.807) is 18.5 Å². The molecule has 3 aromatic rings. The van der Waals surface area contributed by atoms with Crippen molar-refractivity contribution < 1.29 is 0 Å². The lowest BCUT2D eigenvalue weighted by atomic mass is 9.94. The van der Waals surface area contributed by atoms with E-state index in [0.29, 0.717) is 17.6 Å². The summed E-state index contributed by atoms with van der Waals surface area (Å²) in [6, 6.07) is 7.95. The fourth-order valence-electron chi connectivity index (χ4n) is 3.46. The molecule has 26 heavy (non-hydrogen) atoms. The summed E-state index contributed by atoms with van der Waals surface area (Å²) in [7, 11) is 0. The molecule has 1 aliphatic heterocycles. The lowest BCUT2D eigenvalue weighted by Crippen LogP contribution is -2.36. The van der Waals surface area contributed by atoms with Gasteiger partial charge in [0.1, 0.15) is 5.82 Å². The average Bonchev–Trinajstić information content (AvgIpc) is 2.71. The molecule has 6 nitrogen and oxygen atoms in total. The second kappa shape index (κ2) is 7.15. The molecule has 0 aromatic carbocycles. The molecule has 0 N–H and O–H groups in total. The Balaban J connectivity index is 1.67. The minimum absolute atomic E-state index is 0.427. The van der Waals surface area contributed by atoms with Crippen molar-refractivity contribution in [3.8, 4) is 11.6 Å². The maximum atomic E-state index is 4.82. The highest BCUT2D eigenvalue weighted by atomic mass is 15.2. The van der Waals surface area contributed by atoms with Crippen LogP contribution in [-0.2, 0) is 0 Å². The maximum Gasteiger partial charge on any atom is 0.199 e. The van der Waals surface area contributed by atoms with E-state index in [4.69, 9.17) is 4.98 Å². The van der Waals surface area contributed by atoms with E-state index in [1.165, 1.54) is 0 Å². The van der Waals surface area contributed by atoms with Gasteiger partial charge >= 0.3 is 0 Å². The predicted molar refractivity (Wildman–Crippen MR) is 101 cm³/mol. The molecule has 0 radical (unpaired) electrons. The monoisotopic (exact) mass is 346 g/mol. The largest absolute Gasteiger partial charge is 0.356 e. The van der Waals surface area contributed by atoms with E-state index in [9.17, 15) is 0 Å². The zero-order valence-electron chi connectivity index (χ0n) is 15.1. The van der Waals surface area contributed by atoms with E-state index in [1.807, 2.05) is 19.2 Å². The molecule has 4 heterocycles. The van der Waals surface area contributed by atoms with Crippen LogP contribution in [0.15, 0.2) is 42.9 Å². The number of aryl methyl sites for hydroxylation is 1. The molecule has 0 aliphatic carbocycles. The fourth-order valence-corrected chi connectivity index (χ4v) is 3.46. The van der Waals surface area contributed by atoms with Crippen molar-refractivity contribution in [2.75, 3.05) is 18.0 Å². The Morgan fingerprint density at radius 2 is 1.73 bits per heavy atom. The van der Waals surface area contributed by atoms with Crippen molar-refractivity contribution in [2.24, 2.45) is 0 Å². The Labute approximate surface area is 153 Å². The van der Waals surface area contributed by atoms with Crippen LogP contribution in [0.4, 0.5) is 5.82 Å². The Morgan fingerprint density at radius 1 is 0.923 bits per heavy atom. The highest BCUT2D eigenvalue weighted by molar-refractivity contribution is 5.55. The van der Waals surface area contributed by atoms with Gasteiger partial charge in [-0.1, -0.05) is 6.07 Å². The Bertz CT molecular complexity index is 882. The zero-order chi connectivity index (χ0) is 17.9. The molecule has 3 aromatic heterocycles. The van der Waals surface area contributed by atoms with Gasteiger partial charge in [0.05, 0.1) is 0 Å². The molecule has 132 valence electrons. The number of piperidine rings is 1. The number of nitrogens with zero attached hydrogens (tertiary/aromatic N) is 6. The summed E-state index contributed by atoms with van der Waals surface area (Å²) in [6.45, 7) is 6.02. The van der Waals surface area contributed by atoms with Crippen molar-refractivity contribution in [1.29, 1.82) is 0 Å². The van der Waals surface area contributed by atoms with Crippen molar-refractivity contribution in [3.05, 3.63) is 59.8 Å². The third kappa shape index (κ3) is 3.27. The molecule has 1 unspecified atom stereocenters. The first-order valence-corrected chi connectivity index (χ1v) is 9.01. The van der Waals surface area contributed by atoms with Crippen LogP contribution >= 0.6 is 0 Å². The van der Waals surface area contributed by atoms with Crippen molar-refractivity contribution >= 4 is 5.82 Å². The predicted octanol–water partition coefficient (Wildman–Crippen LogP) is 3.33. The van der Waals surface area contributed by atoms with Gasteiger partial charge in [-0.05, 0) is 44.9 Å². The molecule has 1 fully saturated rings. The van der Waals surface area contributed by atoms with Crippen LogP contribution < -0.4 is 4.90 Å². The molecule has 6 heteroatoms. The highest BCUT2D eigenvalue weighted by Gasteiger charge is 2.25. The van der Waals surface area contributed by atoms with Gasteiger partial charge in [-0.25, -0.2) is 19.9 Å². The van der Waals surface area contributed by atoms with Gasteiger partial charge in [0.15, 0.2) is 11.6 Å². The van der Waals surface area contributed by atoms with E-state index in [-0.39, 0.29) is 0 Å². The lowest BCUT2D eigenvalue weighted by molar-refractivity contribution is 0.498.